The van der Waals surface area contributed by atoms with Gasteiger partial charge in [-0.3, -0.25) is 14.2 Å². The molecule has 2 aromatic carbocycles. The molecule has 0 aliphatic carbocycles. The second kappa shape index (κ2) is 7.27. The second-order valence-electron chi connectivity index (χ2n) is 6.70. The topological polar surface area (TPSA) is 94.7 Å². The number of rotatable bonds is 4. The van der Waals surface area contributed by atoms with Crippen LogP contribution < -0.4 is 10.9 Å². The molecule has 0 bridgehead atoms. The van der Waals surface area contributed by atoms with Gasteiger partial charge in [-0.05, 0) is 49.2 Å². The van der Waals surface area contributed by atoms with E-state index in [0.29, 0.717) is 11.4 Å². The first kappa shape index (κ1) is 18.5. The minimum atomic E-state index is -0.506. The van der Waals surface area contributed by atoms with Crippen LogP contribution in [0.3, 0.4) is 0 Å². The number of aryl methyl sites for hydroxylation is 2. The summed E-state index contributed by atoms with van der Waals surface area (Å²) in [6.07, 6.45) is 1.26. The number of aromatic nitrogens is 5. The van der Waals surface area contributed by atoms with E-state index in [2.05, 4.69) is 20.6 Å². The molecule has 0 atom stereocenters. The summed E-state index contributed by atoms with van der Waals surface area (Å²) in [6.45, 7) is 3.60. The fourth-order valence-electron chi connectivity index (χ4n) is 2.95. The molecule has 0 aliphatic heterocycles. The molecule has 1 N–H and O–H groups in total. The Kier molecular flexibility index (Phi) is 4.63. The third-order valence-electron chi connectivity index (χ3n) is 4.46. The van der Waals surface area contributed by atoms with Gasteiger partial charge in [0, 0.05) is 5.69 Å². The molecule has 0 saturated carbocycles. The van der Waals surface area contributed by atoms with Crippen LogP contribution in [0.5, 0.6) is 0 Å². The molecule has 2 heterocycles. The van der Waals surface area contributed by atoms with Crippen molar-refractivity contribution in [1.29, 1.82) is 0 Å². The monoisotopic (exact) mass is 392 g/mol. The molecule has 0 unspecified atom stereocenters. The molecule has 2 aromatic heterocycles. The van der Waals surface area contributed by atoms with Crippen molar-refractivity contribution < 1.29 is 9.18 Å². The molecule has 0 fully saturated rings. The molecule has 8 nitrogen and oxygen atoms in total. The molecule has 0 aliphatic rings. The quantitative estimate of drug-likeness (QED) is 0.575. The minimum Gasteiger partial charge on any atom is -0.324 e. The number of hydrogen-bond acceptors (Lipinski definition) is 5. The smallest absolute Gasteiger partial charge is 0.284 e. The highest BCUT2D eigenvalue weighted by molar-refractivity contribution is 5.91. The van der Waals surface area contributed by atoms with E-state index >= 15 is 0 Å². The zero-order chi connectivity index (χ0) is 20.5. The Morgan fingerprint density at radius 3 is 2.79 bits per heavy atom. The molecule has 0 saturated heterocycles. The van der Waals surface area contributed by atoms with E-state index in [1.165, 1.54) is 29.2 Å². The van der Waals surface area contributed by atoms with E-state index in [0.717, 1.165) is 15.7 Å². The molecular formula is C20H17FN6O2. The highest BCUT2D eigenvalue weighted by Gasteiger charge is 2.15. The third kappa shape index (κ3) is 3.62. The molecule has 1 amide bonds. The van der Waals surface area contributed by atoms with Crippen LogP contribution in [0.4, 0.5) is 10.1 Å². The predicted octanol–water partition coefficient (Wildman–Crippen LogP) is 2.37. The van der Waals surface area contributed by atoms with Crippen molar-refractivity contribution in [3.05, 3.63) is 76.1 Å². The zero-order valence-electron chi connectivity index (χ0n) is 15.8. The standard InChI is InChI=1S/C20H17FN6O2/c1-12-6-7-13(2)16(8-12)23-17(28)10-26-11-22-19-18(20(26)29)24-25-27(19)15-5-3-4-14(21)9-15/h3-9,11H,10H2,1-2H3,(H,23,28). The normalized spacial score (nSPS) is 11.0. The Bertz CT molecular complexity index is 1290. The molecule has 0 radical (unpaired) electrons. The number of fused-ring (bicyclic) bond motifs is 1. The van der Waals surface area contributed by atoms with E-state index in [9.17, 15) is 14.0 Å². The van der Waals surface area contributed by atoms with E-state index < -0.39 is 11.4 Å². The van der Waals surface area contributed by atoms with Gasteiger partial charge in [-0.25, -0.2) is 9.37 Å². The van der Waals surface area contributed by atoms with Gasteiger partial charge < -0.3 is 5.32 Å². The fraction of sp³-hybridized carbons (Fsp3) is 0.150. The van der Waals surface area contributed by atoms with Crippen molar-refractivity contribution in [2.75, 3.05) is 5.32 Å². The highest BCUT2D eigenvalue weighted by atomic mass is 19.1. The number of anilines is 1. The summed E-state index contributed by atoms with van der Waals surface area (Å²) in [4.78, 5) is 29.3. The number of nitrogens with zero attached hydrogens (tertiary/aromatic N) is 5. The van der Waals surface area contributed by atoms with Crippen LogP contribution in [0, 0.1) is 19.7 Å². The fourth-order valence-corrected chi connectivity index (χ4v) is 2.95. The maximum atomic E-state index is 13.5. The summed E-state index contributed by atoms with van der Waals surface area (Å²) in [5, 5.41) is 10.6. The van der Waals surface area contributed by atoms with Crippen LogP contribution in [0.1, 0.15) is 11.1 Å². The molecule has 146 valence electrons. The Morgan fingerprint density at radius 2 is 2.00 bits per heavy atom. The summed E-state index contributed by atoms with van der Waals surface area (Å²) in [7, 11) is 0. The number of halogens is 1. The molecule has 0 spiro atoms. The number of amides is 1. The number of carbonyl (C=O) groups excluding carboxylic acids is 1. The number of carbonyl (C=O) groups is 1. The van der Waals surface area contributed by atoms with Crippen LogP contribution in [0.2, 0.25) is 0 Å². The summed E-state index contributed by atoms with van der Waals surface area (Å²) in [5.41, 5.74) is 2.69. The molecule has 4 rings (SSSR count). The first-order valence-electron chi connectivity index (χ1n) is 8.86. The van der Waals surface area contributed by atoms with E-state index in [-0.39, 0.29) is 23.6 Å². The molecule has 4 aromatic rings. The van der Waals surface area contributed by atoms with Gasteiger partial charge in [0.25, 0.3) is 5.56 Å². The Labute approximate surface area is 164 Å². The van der Waals surface area contributed by atoms with Crippen molar-refractivity contribution in [1.82, 2.24) is 24.5 Å². The molecule has 29 heavy (non-hydrogen) atoms. The van der Waals surface area contributed by atoms with Crippen LogP contribution in [0.15, 0.2) is 53.6 Å². The summed E-state index contributed by atoms with van der Waals surface area (Å²) in [5.74, 6) is -0.804. The second-order valence-corrected chi connectivity index (χ2v) is 6.70. The maximum Gasteiger partial charge on any atom is 0.284 e. The van der Waals surface area contributed by atoms with Gasteiger partial charge in [-0.15, -0.1) is 5.10 Å². The van der Waals surface area contributed by atoms with E-state index in [4.69, 9.17) is 0 Å². The van der Waals surface area contributed by atoms with Crippen LogP contribution in [-0.4, -0.2) is 30.5 Å². The van der Waals surface area contributed by atoms with Crippen molar-refractivity contribution >= 4 is 22.8 Å². The molecule has 9 heteroatoms. The van der Waals surface area contributed by atoms with Crippen molar-refractivity contribution in [2.45, 2.75) is 20.4 Å². The van der Waals surface area contributed by atoms with Gasteiger partial charge in [0.15, 0.2) is 11.2 Å². The van der Waals surface area contributed by atoms with Gasteiger partial charge in [0.1, 0.15) is 18.7 Å². The van der Waals surface area contributed by atoms with Gasteiger partial charge in [-0.2, -0.15) is 4.68 Å². The Hall–Kier alpha value is -3.88. The summed E-state index contributed by atoms with van der Waals surface area (Å²) >= 11 is 0. The average Bonchev–Trinajstić information content (AvgIpc) is 3.12. The van der Waals surface area contributed by atoms with Crippen LogP contribution >= 0.6 is 0 Å². The van der Waals surface area contributed by atoms with Crippen molar-refractivity contribution in [3.8, 4) is 5.69 Å². The summed E-state index contributed by atoms with van der Waals surface area (Å²) in [6, 6.07) is 11.4. The Balaban J connectivity index is 1.62. The van der Waals surface area contributed by atoms with Gasteiger partial charge in [0.2, 0.25) is 5.91 Å². The molecular weight excluding hydrogens is 375 g/mol. The maximum absolute atomic E-state index is 13.5. The van der Waals surface area contributed by atoms with Crippen molar-refractivity contribution in [2.24, 2.45) is 0 Å². The lowest BCUT2D eigenvalue weighted by molar-refractivity contribution is -0.116. The lowest BCUT2D eigenvalue weighted by Gasteiger charge is -2.10. The average molecular weight is 392 g/mol. The number of nitrogens with one attached hydrogen (secondary N) is 1. The first-order valence-corrected chi connectivity index (χ1v) is 8.86. The lowest BCUT2D eigenvalue weighted by Crippen LogP contribution is -2.28. The van der Waals surface area contributed by atoms with Gasteiger partial charge >= 0.3 is 0 Å². The number of hydrogen-bond donors (Lipinski definition) is 1. The summed E-state index contributed by atoms with van der Waals surface area (Å²) < 4.78 is 15.9. The van der Waals surface area contributed by atoms with Crippen LogP contribution in [-0.2, 0) is 11.3 Å². The third-order valence-corrected chi connectivity index (χ3v) is 4.46. The predicted molar refractivity (Wildman–Crippen MR) is 105 cm³/mol. The van der Waals surface area contributed by atoms with E-state index in [1.54, 1.807) is 6.07 Å². The first-order chi connectivity index (χ1) is 13.9. The Morgan fingerprint density at radius 1 is 1.17 bits per heavy atom. The van der Waals surface area contributed by atoms with Crippen molar-refractivity contribution in [3.63, 3.8) is 0 Å². The number of benzene rings is 2. The van der Waals surface area contributed by atoms with E-state index in [1.807, 2.05) is 32.0 Å². The minimum absolute atomic E-state index is 0.00343. The van der Waals surface area contributed by atoms with Gasteiger partial charge in [-0.1, -0.05) is 23.4 Å². The van der Waals surface area contributed by atoms with Crippen LogP contribution in [0.25, 0.3) is 16.9 Å². The lowest BCUT2D eigenvalue weighted by atomic mass is 10.1. The largest absolute Gasteiger partial charge is 0.324 e. The zero-order valence-corrected chi connectivity index (χ0v) is 15.8. The highest BCUT2D eigenvalue weighted by Crippen LogP contribution is 2.16. The van der Waals surface area contributed by atoms with Gasteiger partial charge in [0.05, 0.1) is 5.69 Å². The SMILES string of the molecule is Cc1ccc(C)c(NC(=O)Cn2cnc3c(nnn3-c3cccc(F)c3)c2=O)c1.